The molecule has 0 aliphatic carbocycles. The van der Waals surface area contributed by atoms with Crippen LogP contribution in [0.15, 0.2) is 77.7 Å². The largest absolute Gasteiger partial charge is 0.483 e. The predicted molar refractivity (Wildman–Crippen MR) is 114 cm³/mol. The maximum Gasteiger partial charge on any atom is 0.263 e. The quantitative estimate of drug-likeness (QED) is 0.506. The number of hydrogen-bond acceptors (Lipinski definition) is 6. The first-order valence-corrected chi connectivity index (χ1v) is 11.0. The molecule has 1 aromatic heterocycles. The molecule has 150 valence electrons. The van der Waals surface area contributed by atoms with E-state index in [0.29, 0.717) is 17.9 Å². The summed E-state index contributed by atoms with van der Waals surface area (Å²) in [5, 5.41) is 4.64. The van der Waals surface area contributed by atoms with Crippen molar-refractivity contribution in [1.29, 1.82) is 0 Å². The summed E-state index contributed by atoms with van der Waals surface area (Å²) in [5.41, 5.74) is 1.41. The molecular weight excluding hydrogens is 410 g/mol. The molecule has 3 aromatic rings. The Morgan fingerprint density at radius 1 is 1.17 bits per heavy atom. The van der Waals surface area contributed by atoms with Crippen LogP contribution < -0.4 is 14.8 Å². The number of aromatic nitrogens is 1. The normalized spacial score (nSPS) is 10.9. The number of anilines is 2. The number of rotatable bonds is 9. The van der Waals surface area contributed by atoms with Crippen LogP contribution in [0.5, 0.6) is 5.75 Å². The van der Waals surface area contributed by atoms with Gasteiger partial charge in [-0.25, -0.2) is 13.4 Å². The third-order valence-corrected chi connectivity index (χ3v) is 5.97. The summed E-state index contributed by atoms with van der Waals surface area (Å²) in [7, 11) is -3.73. The number of ether oxygens (including phenoxy) is 1. The predicted octanol–water partition coefficient (Wildman–Crippen LogP) is 3.69. The number of carbonyl (C=O) groups excluding carboxylic acids is 1. The van der Waals surface area contributed by atoms with E-state index in [4.69, 9.17) is 4.74 Å². The Bertz CT molecular complexity index is 1080. The van der Waals surface area contributed by atoms with Crippen LogP contribution in [-0.2, 0) is 21.2 Å². The molecule has 9 heteroatoms. The summed E-state index contributed by atoms with van der Waals surface area (Å²) in [5.74, 6) is 0.271. The number of thiazole rings is 1. The minimum absolute atomic E-state index is 0.0697. The molecule has 7 nitrogen and oxygen atoms in total. The standard InChI is InChI=1S/C20H19N3O4S2/c1-2-5-15-6-3-4-7-18(15)27-14-19(24)22-16-8-10-17(11-9-16)29(25,26)23-20-21-12-13-28-20/h2-4,6-13H,1,5,14H2,(H,21,23)(H,22,24). The van der Waals surface area contributed by atoms with Crippen LogP contribution in [-0.4, -0.2) is 25.9 Å². The maximum absolute atomic E-state index is 12.3. The Kier molecular flexibility index (Phi) is 6.63. The van der Waals surface area contributed by atoms with Crippen molar-refractivity contribution >= 4 is 38.1 Å². The topological polar surface area (TPSA) is 97.4 Å². The second-order valence-electron chi connectivity index (χ2n) is 5.90. The molecule has 0 bridgehead atoms. The van der Waals surface area contributed by atoms with Crippen molar-refractivity contribution in [2.24, 2.45) is 0 Å². The highest BCUT2D eigenvalue weighted by Gasteiger charge is 2.15. The van der Waals surface area contributed by atoms with Crippen molar-refractivity contribution < 1.29 is 17.9 Å². The van der Waals surface area contributed by atoms with Gasteiger partial charge in [-0.1, -0.05) is 24.3 Å². The first kappa shape index (κ1) is 20.6. The number of nitrogens with zero attached hydrogens (tertiary/aromatic N) is 1. The molecule has 2 N–H and O–H groups in total. The molecule has 0 unspecified atom stereocenters. The first-order chi connectivity index (χ1) is 14.0. The van der Waals surface area contributed by atoms with Crippen LogP contribution in [0.25, 0.3) is 0 Å². The number of sulfonamides is 1. The van der Waals surface area contributed by atoms with Crippen LogP contribution >= 0.6 is 11.3 Å². The van der Waals surface area contributed by atoms with Gasteiger partial charge in [0.1, 0.15) is 5.75 Å². The fourth-order valence-electron chi connectivity index (χ4n) is 2.47. The van der Waals surface area contributed by atoms with Crippen molar-refractivity contribution in [3.8, 4) is 5.75 Å². The third-order valence-electron chi connectivity index (χ3n) is 3.80. The minimum Gasteiger partial charge on any atom is -0.483 e. The summed E-state index contributed by atoms with van der Waals surface area (Å²) >= 11 is 1.19. The molecule has 0 radical (unpaired) electrons. The van der Waals surface area contributed by atoms with E-state index in [1.54, 1.807) is 17.5 Å². The highest BCUT2D eigenvalue weighted by molar-refractivity contribution is 7.93. The smallest absolute Gasteiger partial charge is 0.263 e. The van der Waals surface area contributed by atoms with Gasteiger partial charge < -0.3 is 10.1 Å². The van der Waals surface area contributed by atoms with Gasteiger partial charge in [0.25, 0.3) is 15.9 Å². The first-order valence-electron chi connectivity index (χ1n) is 8.62. The summed E-state index contributed by atoms with van der Waals surface area (Å²) in [4.78, 5) is 16.1. The molecule has 29 heavy (non-hydrogen) atoms. The van der Waals surface area contributed by atoms with Gasteiger partial charge in [-0.3, -0.25) is 9.52 Å². The Hall–Kier alpha value is -3.17. The molecule has 1 heterocycles. The van der Waals surface area contributed by atoms with E-state index in [0.717, 1.165) is 5.56 Å². The maximum atomic E-state index is 12.3. The Morgan fingerprint density at radius 2 is 1.93 bits per heavy atom. The molecule has 0 fully saturated rings. The number of allylic oxidation sites excluding steroid dienone is 1. The summed E-state index contributed by atoms with van der Waals surface area (Å²) < 4.78 is 32.6. The number of carbonyl (C=O) groups is 1. The lowest BCUT2D eigenvalue weighted by molar-refractivity contribution is -0.118. The van der Waals surface area contributed by atoms with E-state index < -0.39 is 10.0 Å². The molecule has 0 atom stereocenters. The van der Waals surface area contributed by atoms with Gasteiger partial charge in [-0.2, -0.15) is 0 Å². The number of nitrogens with one attached hydrogen (secondary N) is 2. The molecule has 0 aliphatic rings. The van der Waals surface area contributed by atoms with Crippen LogP contribution in [0.3, 0.4) is 0 Å². The molecule has 0 saturated carbocycles. The van der Waals surface area contributed by atoms with Crippen LogP contribution in [0.4, 0.5) is 10.8 Å². The molecule has 0 saturated heterocycles. The van der Waals surface area contributed by atoms with Gasteiger partial charge in [0.05, 0.1) is 4.90 Å². The molecule has 2 aromatic carbocycles. The van der Waals surface area contributed by atoms with Crippen molar-refractivity contribution in [2.45, 2.75) is 11.3 Å². The second-order valence-corrected chi connectivity index (χ2v) is 8.48. The average Bonchev–Trinajstić information content (AvgIpc) is 3.20. The van der Waals surface area contributed by atoms with E-state index in [2.05, 4.69) is 21.6 Å². The lowest BCUT2D eigenvalue weighted by Crippen LogP contribution is -2.20. The highest BCUT2D eigenvalue weighted by atomic mass is 32.2. The SMILES string of the molecule is C=CCc1ccccc1OCC(=O)Nc1ccc(S(=O)(=O)Nc2nccs2)cc1. The summed E-state index contributed by atoms with van der Waals surface area (Å²) in [6.45, 7) is 3.54. The zero-order valence-electron chi connectivity index (χ0n) is 15.4. The number of amides is 1. The second kappa shape index (κ2) is 9.35. The Morgan fingerprint density at radius 3 is 2.62 bits per heavy atom. The van der Waals surface area contributed by atoms with E-state index in [1.165, 1.54) is 41.8 Å². The fraction of sp³-hybridized carbons (Fsp3) is 0.100. The number of para-hydroxylation sites is 1. The van der Waals surface area contributed by atoms with Gasteiger partial charge in [0.15, 0.2) is 11.7 Å². The zero-order valence-corrected chi connectivity index (χ0v) is 17.0. The molecular formula is C20H19N3O4S2. The van der Waals surface area contributed by atoms with Crippen molar-refractivity contribution in [2.75, 3.05) is 16.6 Å². The van der Waals surface area contributed by atoms with Gasteiger partial charge in [-0.15, -0.1) is 17.9 Å². The van der Waals surface area contributed by atoms with Gasteiger partial charge >= 0.3 is 0 Å². The van der Waals surface area contributed by atoms with Gasteiger partial charge in [0, 0.05) is 17.3 Å². The molecule has 3 rings (SSSR count). The van der Waals surface area contributed by atoms with E-state index in [-0.39, 0.29) is 22.5 Å². The number of hydrogen-bond donors (Lipinski definition) is 2. The Labute approximate surface area is 173 Å². The minimum atomic E-state index is -3.73. The monoisotopic (exact) mass is 429 g/mol. The van der Waals surface area contributed by atoms with Crippen LogP contribution in [0.1, 0.15) is 5.56 Å². The fourth-order valence-corrected chi connectivity index (χ4v) is 4.26. The van der Waals surface area contributed by atoms with Crippen molar-refractivity contribution in [3.63, 3.8) is 0 Å². The average molecular weight is 430 g/mol. The van der Waals surface area contributed by atoms with Crippen molar-refractivity contribution in [3.05, 3.63) is 78.3 Å². The van der Waals surface area contributed by atoms with E-state index in [1.807, 2.05) is 18.2 Å². The van der Waals surface area contributed by atoms with E-state index >= 15 is 0 Å². The zero-order chi connectivity index (χ0) is 20.7. The highest BCUT2D eigenvalue weighted by Crippen LogP contribution is 2.20. The summed E-state index contributed by atoms with van der Waals surface area (Å²) in [6, 6.07) is 13.3. The molecule has 0 aliphatic heterocycles. The van der Waals surface area contributed by atoms with Crippen LogP contribution in [0, 0.1) is 0 Å². The third kappa shape index (κ3) is 5.66. The lowest BCUT2D eigenvalue weighted by Gasteiger charge is -2.11. The number of benzene rings is 2. The van der Waals surface area contributed by atoms with Crippen molar-refractivity contribution in [1.82, 2.24) is 4.98 Å². The van der Waals surface area contributed by atoms with Gasteiger partial charge in [0.2, 0.25) is 0 Å². The summed E-state index contributed by atoms with van der Waals surface area (Å²) in [6.07, 6.45) is 3.92. The lowest BCUT2D eigenvalue weighted by atomic mass is 10.1. The molecule has 0 spiro atoms. The molecule has 1 amide bonds. The van der Waals surface area contributed by atoms with Gasteiger partial charge in [-0.05, 0) is 42.3 Å². The van der Waals surface area contributed by atoms with E-state index in [9.17, 15) is 13.2 Å². The van der Waals surface area contributed by atoms with Crippen LogP contribution in [0.2, 0.25) is 0 Å². The Balaban J connectivity index is 1.58.